The number of primary sulfonamides is 1. The van der Waals surface area contributed by atoms with E-state index in [-0.39, 0.29) is 0 Å². The van der Waals surface area contributed by atoms with Gasteiger partial charge in [-0.3, -0.25) is 0 Å². The minimum atomic E-state index is -4.02. The van der Waals surface area contributed by atoms with E-state index in [2.05, 4.69) is 4.98 Å². The molecule has 0 bridgehead atoms. The second-order valence-corrected chi connectivity index (χ2v) is 3.73. The molecule has 7 heteroatoms. The van der Waals surface area contributed by atoms with Gasteiger partial charge in [-0.15, -0.1) is 0 Å². The molecule has 0 atom stereocenters. The van der Waals surface area contributed by atoms with Crippen molar-refractivity contribution in [3.63, 3.8) is 0 Å². The zero-order chi connectivity index (χ0) is 10.1. The summed E-state index contributed by atoms with van der Waals surface area (Å²) in [6.45, 7) is 0. The fraction of sp³-hybridized carbons (Fsp3) is 0. The van der Waals surface area contributed by atoms with Crippen LogP contribution in [0.25, 0.3) is 0 Å². The molecule has 3 N–H and O–H groups in total. The fourth-order valence-electron chi connectivity index (χ4n) is 0.781. The summed E-state index contributed by atoms with van der Waals surface area (Å²) in [5, 5.41) is 13.3. The summed E-state index contributed by atoms with van der Waals surface area (Å²) in [5.41, 5.74) is -0.565. The van der Waals surface area contributed by atoms with E-state index >= 15 is 0 Å². The molecule has 1 aromatic rings. The number of aromatic nitrogens is 1. The van der Waals surface area contributed by atoms with Gasteiger partial charge in [0, 0.05) is 6.20 Å². The predicted octanol–water partition coefficient (Wildman–Crippen LogP) is -0.573. The van der Waals surface area contributed by atoms with Crippen molar-refractivity contribution in [1.82, 2.24) is 4.98 Å². The van der Waals surface area contributed by atoms with Gasteiger partial charge in [-0.1, -0.05) is 0 Å². The molecule has 13 heavy (non-hydrogen) atoms. The first-order valence-electron chi connectivity index (χ1n) is 3.14. The minimum Gasteiger partial charge on any atom is -0.476 e. The Kier molecular flexibility index (Phi) is 2.30. The summed E-state index contributed by atoms with van der Waals surface area (Å²) in [7, 11) is -4.02. The van der Waals surface area contributed by atoms with Crippen LogP contribution in [0.1, 0.15) is 10.5 Å². The summed E-state index contributed by atoms with van der Waals surface area (Å²) in [6.07, 6.45) is 1.18. The van der Waals surface area contributed by atoms with E-state index in [1.165, 1.54) is 12.3 Å². The number of nitrogens with two attached hydrogens (primary N) is 1. The van der Waals surface area contributed by atoms with Gasteiger partial charge < -0.3 is 5.11 Å². The molecule has 0 aliphatic rings. The Morgan fingerprint density at radius 3 is 2.54 bits per heavy atom. The van der Waals surface area contributed by atoms with Crippen LogP contribution in [-0.4, -0.2) is 24.5 Å². The first kappa shape index (κ1) is 9.62. The first-order valence-corrected chi connectivity index (χ1v) is 4.68. The molecule has 0 fully saturated rings. The molecule has 1 rings (SSSR count). The van der Waals surface area contributed by atoms with Crippen LogP contribution in [-0.2, 0) is 10.0 Å². The Balaban J connectivity index is 3.46. The van der Waals surface area contributed by atoms with Crippen LogP contribution >= 0.6 is 0 Å². The molecule has 0 aliphatic carbocycles. The highest BCUT2D eigenvalue weighted by Crippen LogP contribution is 2.10. The number of nitrogens with zero attached hydrogens (tertiary/aromatic N) is 1. The van der Waals surface area contributed by atoms with Crippen molar-refractivity contribution in [2.75, 3.05) is 0 Å². The molecule has 6 nitrogen and oxygen atoms in total. The van der Waals surface area contributed by atoms with Crippen molar-refractivity contribution < 1.29 is 18.3 Å². The van der Waals surface area contributed by atoms with Crippen molar-refractivity contribution in [1.29, 1.82) is 0 Å². The molecule has 0 spiro atoms. The molecule has 1 heterocycles. The van der Waals surface area contributed by atoms with Gasteiger partial charge >= 0.3 is 5.97 Å². The van der Waals surface area contributed by atoms with Gasteiger partial charge in [0.15, 0.2) is 5.69 Å². The number of carboxylic acid groups (broad SMARTS) is 1. The molecule has 0 aromatic carbocycles. The molecule has 0 saturated heterocycles. The van der Waals surface area contributed by atoms with Crippen LogP contribution in [0.15, 0.2) is 23.2 Å². The van der Waals surface area contributed by atoms with Crippen molar-refractivity contribution in [2.45, 2.75) is 4.90 Å². The van der Waals surface area contributed by atoms with Crippen LogP contribution in [0.2, 0.25) is 0 Å². The Morgan fingerprint density at radius 1 is 1.54 bits per heavy atom. The molecular weight excluding hydrogens is 196 g/mol. The topological polar surface area (TPSA) is 110 Å². The summed E-state index contributed by atoms with van der Waals surface area (Å²) in [4.78, 5) is 13.4. The summed E-state index contributed by atoms with van der Waals surface area (Å²) >= 11 is 0. The van der Waals surface area contributed by atoms with Gasteiger partial charge in [0.05, 0.1) is 0 Å². The number of carboxylic acids is 1. The lowest BCUT2D eigenvalue weighted by Crippen LogP contribution is -2.17. The Bertz CT molecular complexity index is 440. The van der Waals surface area contributed by atoms with E-state index in [1.807, 2.05) is 0 Å². The normalized spacial score (nSPS) is 11.2. The Hall–Kier alpha value is -1.47. The summed E-state index contributed by atoms with van der Waals surface area (Å²) in [5.74, 6) is -1.43. The van der Waals surface area contributed by atoms with Crippen molar-refractivity contribution in [3.8, 4) is 0 Å². The minimum absolute atomic E-state index is 0.484. The van der Waals surface area contributed by atoms with Crippen LogP contribution in [0.4, 0.5) is 0 Å². The third-order valence-corrected chi connectivity index (χ3v) is 2.22. The quantitative estimate of drug-likeness (QED) is 0.667. The number of aromatic carboxylic acids is 1. The molecule has 70 valence electrons. The third kappa shape index (κ3) is 2.01. The van der Waals surface area contributed by atoms with Gasteiger partial charge in [0.1, 0.15) is 4.90 Å². The maximum Gasteiger partial charge on any atom is 0.355 e. The van der Waals surface area contributed by atoms with E-state index < -0.39 is 26.6 Å². The molecule has 0 radical (unpaired) electrons. The standard InChI is InChI=1S/C6H6N2O4S/c7-13(11,12)4-2-1-3-8-5(4)6(9)10/h1-3H,(H,9,10)(H2,7,11,12). The third-order valence-electron chi connectivity index (χ3n) is 1.28. The zero-order valence-electron chi connectivity index (χ0n) is 6.34. The van der Waals surface area contributed by atoms with Gasteiger partial charge in [-0.2, -0.15) is 0 Å². The lowest BCUT2D eigenvalue weighted by Gasteiger charge is -2.00. The molecular formula is C6H6N2O4S. The second-order valence-electron chi connectivity index (χ2n) is 2.20. The largest absolute Gasteiger partial charge is 0.476 e. The highest BCUT2D eigenvalue weighted by atomic mass is 32.2. The number of hydrogen-bond acceptors (Lipinski definition) is 4. The number of rotatable bonds is 2. The SMILES string of the molecule is NS(=O)(=O)c1cccnc1C(=O)O. The fourth-order valence-corrected chi connectivity index (χ4v) is 1.46. The van der Waals surface area contributed by atoms with Crippen molar-refractivity contribution in [3.05, 3.63) is 24.0 Å². The maximum absolute atomic E-state index is 10.8. The van der Waals surface area contributed by atoms with Gasteiger partial charge in [0.25, 0.3) is 0 Å². The Labute approximate surface area is 74.1 Å². The number of carbonyl (C=O) groups is 1. The highest BCUT2D eigenvalue weighted by Gasteiger charge is 2.19. The van der Waals surface area contributed by atoms with Gasteiger partial charge in [-0.25, -0.2) is 23.3 Å². The van der Waals surface area contributed by atoms with Crippen molar-refractivity contribution >= 4 is 16.0 Å². The number of hydrogen-bond donors (Lipinski definition) is 2. The van der Waals surface area contributed by atoms with Crippen LogP contribution in [0.3, 0.4) is 0 Å². The summed E-state index contributed by atoms with van der Waals surface area (Å²) in [6, 6.07) is 2.39. The monoisotopic (exact) mass is 202 g/mol. The van der Waals surface area contributed by atoms with Crippen LogP contribution < -0.4 is 5.14 Å². The molecule has 1 aromatic heterocycles. The van der Waals surface area contributed by atoms with E-state index in [0.717, 1.165) is 6.07 Å². The predicted molar refractivity (Wildman–Crippen MR) is 42.6 cm³/mol. The molecule has 0 unspecified atom stereocenters. The molecule has 0 saturated carbocycles. The van der Waals surface area contributed by atoms with Gasteiger partial charge in [0.2, 0.25) is 10.0 Å². The zero-order valence-corrected chi connectivity index (χ0v) is 7.15. The Morgan fingerprint density at radius 2 is 2.15 bits per heavy atom. The number of sulfonamides is 1. The maximum atomic E-state index is 10.8. The van der Waals surface area contributed by atoms with E-state index in [0.29, 0.717) is 0 Å². The first-order chi connectivity index (χ1) is 5.93. The molecule has 0 aliphatic heterocycles. The van der Waals surface area contributed by atoms with Crippen LogP contribution in [0.5, 0.6) is 0 Å². The smallest absolute Gasteiger partial charge is 0.355 e. The van der Waals surface area contributed by atoms with Gasteiger partial charge in [-0.05, 0) is 12.1 Å². The van der Waals surface area contributed by atoms with E-state index in [4.69, 9.17) is 10.2 Å². The average Bonchev–Trinajstić information content (AvgIpc) is 2.03. The lowest BCUT2D eigenvalue weighted by atomic mass is 10.3. The second kappa shape index (κ2) is 3.11. The van der Waals surface area contributed by atoms with E-state index in [9.17, 15) is 13.2 Å². The highest BCUT2D eigenvalue weighted by molar-refractivity contribution is 7.89. The average molecular weight is 202 g/mol. The molecule has 0 amide bonds. The van der Waals surface area contributed by atoms with Crippen molar-refractivity contribution in [2.24, 2.45) is 5.14 Å². The number of pyridine rings is 1. The lowest BCUT2D eigenvalue weighted by molar-refractivity contribution is 0.0686. The van der Waals surface area contributed by atoms with E-state index in [1.54, 1.807) is 0 Å². The van der Waals surface area contributed by atoms with Crippen LogP contribution in [0, 0.1) is 0 Å². The summed E-state index contributed by atoms with van der Waals surface area (Å²) < 4.78 is 21.7.